The van der Waals surface area contributed by atoms with Crippen LogP contribution in [-0.4, -0.2) is 18.3 Å². The van der Waals surface area contributed by atoms with Crippen molar-refractivity contribution in [3.63, 3.8) is 0 Å². The van der Waals surface area contributed by atoms with Gasteiger partial charge in [0.25, 0.3) is 0 Å². The SMILES string of the molecule is Cc1ccc(OCCCC(=O)Nc2ccc(Cl)cc2C(=O)c2ccccc2)c(C)c1. The number of ether oxygens (including phenoxy) is 1. The molecule has 1 amide bonds. The van der Waals surface area contributed by atoms with Gasteiger partial charge < -0.3 is 10.1 Å². The van der Waals surface area contributed by atoms with E-state index in [4.69, 9.17) is 16.3 Å². The van der Waals surface area contributed by atoms with Crippen molar-refractivity contribution < 1.29 is 14.3 Å². The Balaban J connectivity index is 1.59. The predicted octanol–water partition coefficient (Wildman–Crippen LogP) is 5.99. The number of halogens is 1. The van der Waals surface area contributed by atoms with E-state index in [1.807, 2.05) is 32.0 Å². The first-order valence-corrected chi connectivity index (χ1v) is 10.2. The van der Waals surface area contributed by atoms with Gasteiger partial charge in [0.15, 0.2) is 5.78 Å². The van der Waals surface area contributed by atoms with Crippen LogP contribution < -0.4 is 10.1 Å². The molecule has 3 aromatic rings. The highest BCUT2D eigenvalue weighted by molar-refractivity contribution is 6.31. The summed E-state index contributed by atoms with van der Waals surface area (Å²) in [7, 11) is 0. The van der Waals surface area contributed by atoms with Crippen LogP contribution in [0.2, 0.25) is 5.02 Å². The summed E-state index contributed by atoms with van der Waals surface area (Å²) in [6.45, 7) is 4.48. The molecule has 0 fully saturated rings. The summed E-state index contributed by atoms with van der Waals surface area (Å²) in [5.74, 6) is 0.463. The molecule has 0 saturated carbocycles. The number of hydrogen-bond acceptors (Lipinski definition) is 3. The van der Waals surface area contributed by atoms with E-state index in [1.54, 1.807) is 42.5 Å². The molecule has 0 aliphatic heterocycles. The molecule has 0 saturated heterocycles. The summed E-state index contributed by atoms with van der Waals surface area (Å²) in [6, 6.07) is 19.8. The maximum atomic E-state index is 12.8. The zero-order valence-electron chi connectivity index (χ0n) is 17.1. The number of carbonyl (C=O) groups is 2. The number of nitrogens with one attached hydrogen (secondary N) is 1. The van der Waals surface area contributed by atoms with Crippen LogP contribution in [0.4, 0.5) is 5.69 Å². The lowest BCUT2D eigenvalue weighted by Crippen LogP contribution is -2.16. The van der Waals surface area contributed by atoms with Crippen LogP contribution in [0, 0.1) is 13.8 Å². The zero-order valence-corrected chi connectivity index (χ0v) is 17.8. The second-order valence-electron chi connectivity index (χ2n) is 7.15. The van der Waals surface area contributed by atoms with Crippen LogP contribution >= 0.6 is 11.6 Å². The van der Waals surface area contributed by atoms with Crippen molar-refractivity contribution in [2.45, 2.75) is 26.7 Å². The van der Waals surface area contributed by atoms with E-state index >= 15 is 0 Å². The molecule has 154 valence electrons. The van der Waals surface area contributed by atoms with E-state index in [0.717, 1.165) is 11.3 Å². The molecule has 0 atom stereocenters. The monoisotopic (exact) mass is 421 g/mol. The summed E-state index contributed by atoms with van der Waals surface area (Å²) in [5, 5.41) is 3.27. The lowest BCUT2D eigenvalue weighted by molar-refractivity contribution is -0.116. The maximum Gasteiger partial charge on any atom is 0.224 e. The van der Waals surface area contributed by atoms with Crippen molar-refractivity contribution in [2.75, 3.05) is 11.9 Å². The first-order valence-electron chi connectivity index (χ1n) is 9.83. The Morgan fingerprint density at radius 3 is 2.47 bits per heavy atom. The second-order valence-corrected chi connectivity index (χ2v) is 7.59. The van der Waals surface area contributed by atoms with Crippen molar-refractivity contribution in [3.05, 3.63) is 94.0 Å². The number of aryl methyl sites for hydroxylation is 2. The summed E-state index contributed by atoms with van der Waals surface area (Å²) < 4.78 is 5.78. The molecule has 0 aromatic heterocycles. The fraction of sp³-hybridized carbons (Fsp3) is 0.200. The smallest absolute Gasteiger partial charge is 0.224 e. The van der Waals surface area contributed by atoms with Crippen LogP contribution in [0.1, 0.15) is 39.9 Å². The minimum Gasteiger partial charge on any atom is -0.493 e. The highest BCUT2D eigenvalue weighted by atomic mass is 35.5. The van der Waals surface area contributed by atoms with E-state index < -0.39 is 0 Å². The third-order valence-electron chi connectivity index (χ3n) is 4.67. The van der Waals surface area contributed by atoms with Gasteiger partial charge in [0.1, 0.15) is 5.75 Å². The third kappa shape index (κ3) is 5.71. The van der Waals surface area contributed by atoms with Crippen LogP contribution in [-0.2, 0) is 4.79 Å². The molecule has 0 unspecified atom stereocenters. The summed E-state index contributed by atoms with van der Waals surface area (Å²) >= 11 is 6.09. The Morgan fingerprint density at radius 1 is 0.967 bits per heavy atom. The maximum absolute atomic E-state index is 12.8. The fourth-order valence-electron chi connectivity index (χ4n) is 3.15. The van der Waals surface area contributed by atoms with Gasteiger partial charge in [0.2, 0.25) is 5.91 Å². The van der Waals surface area contributed by atoms with E-state index in [0.29, 0.717) is 34.9 Å². The summed E-state index contributed by atoms with van der Waals surface area (Å²) in [6.07, 6.45) is 0.848. The summed E-state index contributed by atoms with van der Waals surface area (Å²) in [5.41, 5.74) is 3.62. The van der Waals surface area contributed by atoms with Gasteiger partial charge in [0.05, 0.1) is 12.3 Å². The molecule has 0 aliphatic rings. The van der Waals surface area contributed by atoms with Gasteiger partial charge in [-0.1, -0.05) is 59.6 Å². The molecule has 3 rings (SSSR count). The van der Waals surface area contributed by atoms with E-state index in [-0.39, 0.29) is 18.1 Å². The molecule has 0 aliphatic carbocycles. The Kier molecular flexibility index (Phi) is 7.26. The predicted molar refractivity (Wildman–Crippen MR) is 121 cm³/mol. The molecular formula is C25H24ClNO3. The normalized spacial score (nSPS) is 10.5. The van der Waals surface area contributed by atoms with Gasteiger partial charge in [-0.2, -0.15) is 0 Å². The number of carbonyl (C=O) groups excluding carboxylic acids is 2. The van der Waals surface area contributed by atoms with Crippen LogP contribution in [0.15, 0.2) is 66.7 Å². The fourth-order valence-corrected chi connectivity index (χ4v) is 3.32. The topological polar surface area (TPSA) is 55.4 Å². The second kappa shape index (κ2) is 10.1. The van der Waals surface area contributed by atoms with Crippen molar-refractivity contribution in [3.8, 4) is 5.75 Å². The lowest BCUT2D eigenvalue weighted by Gasteiger charge is -2.12. The Hall–Kier alpha value is -3.11. The van der Waals surface area contributed by atoms with Crippen LogP contribution in [0.3, 0.4) is 0 Å². The first-order chi connectivity index (χ1) is 14.4. The molecule has 0 bridgehead atoms. The molecule has 0 spiro atoms. The third-order valence-corrected chi connectivity index (χ3v) is 4.91. The average molecular weight is 422 g/mol. The highest BCUT2D eigenvalue weighted by Crippen LogP contribution is 2.24. The number of hydrogen-bond donors (Lipinski definition) is 1. The van der Waals surface area contributed by atoms with Gasteiger partial charge in [-0.05, 0) is 50.1 Å². The highest BCUT2D eigenvalue weighted by Gasteiger charge is 2.16. The number of rotatable bonds is 8. The minimum absolute atomic E-state index is 0.177. The molecule has 4 nitrogen and oxygen atoms in total. The quantitative estimate of drug-likeness (QED) is 0.359. The number of benzene rings is 3. The molecule has 3 aromatic carbocycles. The van der Waals surface area contributed by atoms with Crippen LogP contribution in [0.25, 0.3) is 0 Å². The average Bonchev–Trinajstić information content (AvgIpc) is 2.74. The standard InChI is InChI=1S/C25H24ClNO3/c1-17-10-13-23(18(2)15-17)30-14-6-9-24(28)27-22-12-11-20(26)16-21(22)25(29)19-7-4-3-5-8-19/h3-5,7-8,10-13,15-16H,6,9,14H2,1-2H3,(H,27,28). The summed E-state index contributed by atoms with van der Waals surface area (Å²) in [4.78, 5) is 25.3. The minimum atomic E-state index is -0.188. The molecule has 30 heavy (non-hydrogen) atoms. The number of anilines is 1. The van der Waals surface area contributed by atoms with E-state index in [9.17, 15) is 9.59 Å². The van der Waals surface area contributed by atoms with Gasteiger partial charge >= 0.3 is 0 Å². The lowest BCUT2D eigenvalue weighted by atomic mass is 10.0. The Morgan fingerprint density at radius 2 is 1.73 bits per heavy atom. The largest absolute Gasteiger partial charge is 0.493 e. The molecule has 5 heteroatoms. The molecular weight excluding hydrogens is 398 g/mol. The van der Waals surface area contributed by atoms with Crippen LogP contribution in [0.5, 0.6) is 5.75 Å². The van der Waals surface area contributed by atoms with Gasteiger partial charge in [-0.15, -0.1) is 0 Å². The van der Waals surface area contributed by atoms with Gasteiger partial charge in [-0.3, -0.25) is 9.59 Å². The number of ketones is 1. The molecule has 0 radical (unpaired) electrons. The van der Waals surface area contributed by atoms with Crippen molar-refractivity contribution in [1.82, 2.24) is 0 Å². The van der Waals surface area contributed by atoms with Gasteiger partial charge in [-0.25, -0.2) is 0 Å². The number of amides is 1. The van der Waals surface area contributed by atoms with Crippen molar-refractivity contribution in [2.24, 2.45) is 0 Å². The zero-order chi connectivity index (χ0) is 21.5. The molecule has 1 N–H and O–H groups in total. The van der Waals surface area contributed by atoms with Crippen molar-refractivity contribution >= 4 is 29.0 Å². The first kappa shape index (κ1) is 21.6. The van der Waals surface area contributed by atoms with Crippen molar-refractivity contribution in [1.29, 1.82) is 0 Å². The Labute approximate surface area is 181 Å². The Bertz CT molecular complexity index is 1050. The van der Waals surface area contributed by atoms with E-state index in [1.165, 1.54) is 5.56 Å². The molecule has 0 heterocycles. The van der Waals surface area contributed by atoms with Gasteiger partial charge in [0, 0.05) is 22.6 Å². The van der Waals surface area contributed by atoms with E-state index in [2.05, 4.69) is 11.4 Å².